The number of hydrogen-bond donors (Lipinski definition) is 0. The summed E-state index contributed by atoms with van der Waals surface area (Å²) in [5.74, 6) is -0.496. The number of aromatic nitrogens is 1. The van der Waals surface area contributed by atoms with E-state index in [0.29, 0.717) is 24.0 Å². The summed E-state index contributed by atoms with van der Waals surface area (Å²) < 4.78 is 66.2. The van der Waals surface area contributed by atoms with Crippen LogP contribution in [0.25, 0.3) is 10.9 Å². The van der Waals surface area contributed by atoms with Crippen molar-refractivity contribution in [3.8, 4) is 0 Å². The second kappa shape index (κ2) is 8.03. The summed E-state index contributed by atoms with van der Waals surface area (Å²) in [6.45, 7) is 1.45. The molecular formula is C22H21F3N2O3S. The van der Waals surface area contributed by atoms with Crippen LogP contribution in [0.1, 0.15) is 24.0 Å². The fraction of sp³-hybridized carbons (Fsp3) is 0.318. The van der Waals surface area contributed by atoms with Crippen LogP contribution in [0.3, 0.4) is 0 Å². The summed E-state index contributed by atoms with van der Waals surface area (Å²) in [6.07, 6.45) is -1.10. The van der Waals surface area contributed by atoms with E-state index in [1.165, 1.54) is 18.3 Å². The molecule has 0 aliphatic carbocycles. The van der Waals surface area contributed by atoms with Gasteiger partial charge in [-0.25, -0.2) is 8.42 Å². The van der Waals surface area contributed by atoms with Crippen molar-refractivity contribution in [2.45, 2.75) is 36.2 Å². The molecule has 5 nitrogen and oxygen atoms in total. The first-order chi connectivity index (χ1) is 14.6. The van der Waals surface area contributed by atoms with Crippen molar-refractivity contribution >= 4 is 26.6 Å². The summed E-state index contributed by atoms with van der Waals surface area (Å²) in [5.41, 5.74) is 0.0599. The lowest BCUT2D eigenvalue weighted by atomic mass is 10.1. The Morgan fingerprint density at radius 3 is 2.26 bits per heavy atom. The maximum Gasteiger partial charge on any atom is 0.416 e. The number of rotatable bonds is 5. The predicted octanol–water partition coefficient (Wildman–Crippen LogP) is 4.26. The van der Waals surface area contributed by atoms with Crippen LogP contribution in [0.4, 0.5) is 13.2 Å². The molecule has 9 heteroatoms. The second-order valence-electron chi connectivity index (χ2n) is 7.68. The topological polar surface area (TPSA) is 59.4 Å². The molecule has 2 heterocycles. The molecule has 31 heavy (non-hydrogen) atoms. The Kier molecular flexibility index (Phi) is 5.55. The molecule has 0 radical (unpaired) electrons. The zero-order valence-corrected chi connectivity index (χ0v) is 17.4. The van der Waals surface area contributed by atoms with Crippen LogP contribution < -0.4 is 0 Å². The van der Waals surface area contributed by atoms with Crippen LogP contribution in [0, 0.1) is 0 Å². The highest BCUT2D eigenvalue weighted by atomic mass is 32.2. The molecule has 1 aliphatic rings. The lowest BCUT2D eigenvalue weighted by Gasteiger charge is -2.15. The van der Waals surface area contributed by atoms with Gasteiger partial charge in [0.1, 0.15) is 6.54 Å². The average molecular weight is 450 g/mol. The number of sulfone groups is 1. The number of likely N-dealkylation sites (tertiary alicyclic amines) is 1. The first kappa shape index (κ1) is 21.4. The molecule has 1 aliphatic heterocycles. The van der Waals surface area contributed by atoms with Gasteiger partial charge in [-0.1, -0.05) is 30.3 Å². The predicted molar refractivity (Wildman–Crippen MR) is 110 cm³/mol. The summed E-state index contributed by atoms with van der Waals surface area (Å²) in [5, 5.41) is 0.489. The van der Waals surface area contributed by atoms with Crippen molar-refractivity contribution in [1.82, 2.24) is 9.47 Å². The van der Waals surface area contributed by atoms with E-state index in [9.17, 15) is 26.4 Å². The molecule has 0 atom stereocenters. The van der Waals surface area contributed by atoms with E-state index in [4.69, 9.17) is 0 Å². The van der Waals surface area contributed by atoms with Gasteiger partial charge in [-0.05, 0) is 36.6 Å². The van der Waals surface area contributed by atoms with Gasteiger partial charge in [-0.2, -0.15) is 13.2 Å². The van der Waals surface area contributed by atoms with Crippen LogP contribution >= 0.6 is 0 Å². The van der Waals surface area contributed by atoms with Crippen molar-refractivity contribution in [3.05, 3.63) is 65.9 Å². The summed E-state index contributed by atoms with van der Waals surface area (Å²) >= 11 is 0. The highest BCUT2D eigenvalue weighted by Crippen LogP contribution is 2.31. The van der Waals surface area contributed by atoms with Gasteiger partial charge in [-0.3, -0.25) is 4.79 Å². The fourth-order valence-corrected chi connectivity index (χ4v) is 5.47. The minimum absolute atomic E-state index is 0.0380. The Morgan fingerprint density at radius 2 is 1.61 bits per heavy atom. The molecule has 1 fully saturated rings. The Bertz CT molecular complexity index is 1210. The normalized spacial score (nSPS) is 15.0. The van der Waals surface area contributed by atoms with Crippen LogP contribution in [0.5, 0.6) is 0 Å². The minimum Gasteiger partial charge on any atom is -0.341 e. The molecule has 3 aromatic rings. The zero-order chi connectivity index (χ0) is 22.2. The van der Waals surface area contributed by atoms with Crippen LogP contribution in [0.2, 0.25) is 0 Å². The third-order valence-corrected chi connectivity index (χ3v) is 7.20. The van der Waals surface area contributed by atoms with Gasteiger partial charge in [0.15, 0.2) is 9.84 Å². The van der Waals surface area contributed by atoms with Gasteiger partial charge in [0, 0.05) is 30.2 Å². The Labute approximate surface area is 178 Å². The molecule has 1 saturated heterocycles. The van der Waals surface area contributed by atoms with E-state index in [1.807, 2.05) is 0 Å². The Hall–Kier alpha value is -2.81. The maximum atomic E-state index is 13.1. The SMILES string of the molecule is O=C(Cn1cc(S(=O)(=O)Cc2ccc(C(F)(F)F)cc2)c2ccccc21)N1CCCC1. The zero-order valence-electron chi connectivity index (χ0n) is 16.6. The minimum atomic E-state index is -4.48. The summed E-state index contributed by atoms with van der Waals surface area (Å²) in [6, 6.07) is 11.0. The fourth-order valence-electron chi connectivity index (χ4n) is 3.89. The Balaban J connectivity index is 1.64. The molecule has 4 rings (SSSR count). The quantitative estimate of drug-likeness (QED) is 0.584. The van der Waals surface area contributed by atoms with E-state index >= 15 is 0 Å². The highest BCUT2D eigenvalue weighted by Gasteiger charge is 2.30. The van der Waals surface area contributed by atoms with E-state index in [1.54, 1.807) is 33.7 Å². The van der Waals surface area contributed by atoms with Crippen LogP contribution in [-0.2, 0) is 33.1 Å². The third-order valence-electron chi connectivity index (χ3n) is 5.49. The van der Waals surface area contributed by atoms with Gasteiger partial charge >= 0.3 is 6.18 Å². The number of benzene rings is 2. The number of alkyl halides is 3. The lowest BCUT2D eigenvalue weighted by molar-refractivity contribution is -0.137. The molecular weight excluding hydrogens is 429 g/mol. The number of halogens is 3. The molecule has 0 saturated carbocycles. The number of carbonyl (C=O) groups excluding carboxylic acids is 1. The monoisotopic (exact) mass is 450 g/mol. The summed E-state index contributed by atoms with van der Waals surface area (Å²) in [4.78, 5) is 14.4. The van der Waals surface area contributed by atoms with E-state index < -0.39 is 27.3 Å². The second-order valence-corrected chi connectivity index (χ2v) is 9.64. The number of fused-ring (bicyclic) bond motifs is 1. The molecule has 0 N–H and O–H groups in total. The smallest absolute Gasteiger partial charge is 0.341 e. The van der Waals surface area contributed by atoms with E-state index in [-0.39, 0.29) is 22.9 Å². The standard InChI is InChI=1S/C22H21F3N2O3S/c23-22(24,25)17-9-7-16(8-10-17)15-31(29,30)20-13-27(19-6-2-1-5-18(19)20)14-21(28)26-11-3-4-12-26/h1-2,5-10,13H,3-4,11-12,14-15H2. The first-order valence-corrected chi connectivity index (χ1v) is 11.5. The molecule has 0 bridgehead atoms. The number of amides is 1. The number of carbonyl (C=O) groups is 1. The number of hydrogen-bond acceptors (Lipinski definition) is 3. The van der Waals surface area contributed by atoms with Crippen molar-refractivity contribution in [3.63, 3.8) is 0 Å². The molecule has 1 aromatic heterocycles. The number of nitrogens with zero attached hydrogens (tertiary/aromatic N) is 2. The van der Waals surface area contributed by atoms with Gasteiger partial charge < -0.3 is 9.47 Å². The summed E-state index contributed by atoms with van der Waals surface area (Å²) in [7, 11) is -3.85. The lowest BCUT2D eigenvalue weighted by Crippen LogP contribution is -2.30. The van der Waals surface area contributed by atoms with E-state index in [0.717, 1.165) is 25.0 Å². The molecule has 164 valence electrons. The number of para-hydroxylation sites is 1. The molecule has 0 unspecified atom stereocenters. The van der Waals surface area contributed by atoms with Gasteiger partial charge in [0.05, 0.1) is 16.2 Å². The van der Waals surface area contributed by atoms with E-state index in [2.05, 4.69) is 0 Å². The largest absolute Gasteiger partial charge is 0.416 e. The van der Waals surface area contributed by atoms with Crippen LogP contribution in [-0.4, -0.2) is 36.9 Å². The van der Waals surface area contributed by atoms with Gasteiger partial charge in [0.2, 0.25) is 5.91 Å². The van der Waals surface area contributed by atoms with Crippen LogP contribution in [0.15, 0.2) is 59.6 Å². The van der Waals surface area contributed by atoms with Crippen molar-refractivity contribution in [1.29, 1.82) is 0 Å². The molecule has 2 aromatic carbocycles. The third kappa shape index (κ3) is 4.46. The van der Waals surface area contributed by atoms with Gasteiger partial charge in [-0.15, -0.1) is 0 Å². The van der Waals surface area contributed by atoms with Crippen molar-refractivity contribution in [2.24, 2.45) is 0 Å². The molecule has 1 amide bonds. The first-order valence-electron chi connectivity index (χ1n) is 9.90. The van der Waals surface area contributed by atoms with Crippen molar-refractivity contribution < 1.29 is 26.4 Å². The highest BCUT2D eigenvalue weighted by molar-refractivity contribution is 7.90. The maximum absolute atomic E-state index is 13.1. The molecule has 0 spiro atoms. The average Bonchev–Trinajstić information content (AvgIpc) is 3.36. The Morgan fingerprint density at radius 1 is 0.968 bits per heavy atom. The van der Waals surface area contributed by atoms with Crippen molar-refractivity contribution in [2.75, 3.05) is 13.1 Å². The van der Waals surface area contributed by atoms with Gasteiger partial charge in [0.25, 0.3) is 0 Å².